The van der Waals surface area contributed by atoms with Gasteiger partial charge < -0.3 is 20.7 Å². The Balaban J connectivity index is 2.00. The molecule has 2 unspecified atom stereocenters. The van der Waals surface area contributed by atoms with Crippen molar-refractivity contribution in [2.75, 3.05) is 13.1 Å². The van der Waals surface area contributed by atoms with Crippen LogP contribution in [0.5, 0.6) is 0 Å². The highest BCUT2D eigenvalue weighted by Gasteiger charge is 2.24. The van der Waals surface area contributed by atoms with E-state index >= 15 is 0 Å². The first kappa shape index (κ1) is 24.9. The van der Waals surface area contributed by atoms with Crippen molar-refractivity contribution in [3.05, 3.63) is 11.6 Å². The fourth-order valence-corrected chi connectivity index (χ4v) is 3.28. The van der Waals surface area contributed by atoms with Gasteiger partial charge in [-0.3, -0.25) is 4.99 Å². The predicted molar refractivity (Wildman–Crippen MR) is 123 cm³/mol. The Bertz CT molecular complexity index is 750. The zero-order valence-electron chi connectivity index (χ0n) is 20.5. The molecule has 1 aliphatic rings. The van der Waals surface area contributed by atoms with Gasteiger partial charge in [-0.05, 0) is 40.0 Å². The summed E-state index contributed by atoms with van der Waals surface area (Å²) in [6.45, 7) is 18.0. The van der Waals surface area contributed by atoms with Crippen molar-refractivity contribution in [3.8, 4) is 0 Å². The van der Waals surface area contributed by atoms with Crippen molar-refractivity contribution in [2.45, 2.75) is 98.4 Å². The lowest BCUT2D eigenvalue weighted by molar-refractivity contribution is 0.0493. The van der Waals surface area contributed by atoms with Crippen molar-refractivity contribution in [2.24, 2.45) is 10.9 Å². The fourth-order valence-electron chi connectivity index (χ4n) is 3.28. The lowest BCUT2D eigenvalue weighted by atomic mass is 10.1. The van der Waals surface area contributed by atoms with E-state index in [1.54, 1.807) is 0 Å². The number of hydrogen-bond donors (Lipinski definition) is 3. The first-order valence-electron chi connectivity index (χ1n) is 11.5. The van der Waals surface area contributed by atoms with Crippen LogP contribution >= 0.6 is 0 Å². The van der Waals surface area contributed by atoms with Gasteiger partial charge >= 0.3 is 6.09 Å². The second-order valence-electron chi connectivity index (χ2n) is 9.82. The molecule has 176 valence electrons. The maximum absolute atomic E-state index is 12.2. The van der Waals surface area contributed by atoms with Crippen LogP contribution in [0.1, 0.15) is 79.4 Å². The molecule has 2 atom stereocenters. The number of aromatic nitrogens is 3. The molecule has 9 heteroatoms. The van der Waals surface area contributed by atoms with Crippen LogP contribution in [0.2, 0.25) is 0 Å². The molecular formula is C22H41N7O2. The monoisotopic (exact) mass is 435 g/mol. The summed E-state index contributed by atoms with van der Waals surface area (Å²) in [4.78, 5) is 21.6. The Morgan fingerprint density at radius 1 is 1.29 bits per heavy atom. The minimum atomic E-state index is -0.526. The van der Waals surface area contributed by atoms with Gasteiger partial charge in [-0.1, -0.05) is 27.7 Å². The topological polar surface area (TPSA) is 105 Å². The number of carbonyl (C=O) groups is 1. The highest BCUT2D eigenvalue weighted by molar-refractivity contribution is 5.80. The molecule has 0 aromatic carbocycles. The van der Waals surface area contributed by atoms with Crippen LogP contribution in [-0.2, 0) is 17.7 Å². The van der Waals surface area contributed by atoms with E-state index in [1.165, 1.54) is 0 Å². The van der Waals surface area contributed by atoms with Crippen molar-refractivity contribution in [3.63, 3.8) is 0 Å². The number of hydrogen-bond acceptors (Lipinski definition) is 5. The second kappa shape index (κ2) is 10.8. The number of carbonyl (C=O) groups excluding carboxylic acids is 1. The van der Waals surface area contributed by atoms with Gasteiger partial charge in [0, 0.05) is 24.9 Å². The summed E-state index contributed by atoms with van der Waals surface area (Å²) < 4.78 is 7.42. The fraction of sp³-hybridized carbons (Fsp3) is 0.818. The lowest BCUT2D eigenvalue weighted by Gasteiger charge is -2.27. The summed E-state index contributed by atoms with van der Waals surface area (Å²) in [6, 6.07) is 0.107. The Kier molecular flexibility index (Phi) is 8.70. The number of nitrogens with one attached hydrogen (secondary N) is 3. The zero-order valence-corrected chi connectivity index (χ0v) is 20.5. The maximum atomic E-state index is 12.2. The van der Waals surface area contributed by atoms with Gasteiger partial charge in [0.15, 0.2) is 11.8 Å². The van der Waals surface area contributed by atoms with Crippen LogP contribution < -0.4 is 16.0 Å². The molecule has 0 bridgehead atoms. The summed E-state index contributed by atoms with van der Waals surface area (Å²) >= 11 is 0. The Hall–Kier alpha value is -2.32. The third-order valence-electron chi connectivity index (χ3n) is 5.03. The van der Waals surface area contributed by atoms with Crippen LogP contribution in [-0.4, -0.2) is 57.6 Å². The number of amides is 1. The van der Waals surface area contributed by atoms with Crippen LogP contribution in [0.25, 0.3) is 0 Å². The van der Waals surface area contributed by atoms with Gasteiger partial charge in [0.2, 0.25) is 0 Å². The molecule has 1 aliphatic heterocycles. The van der Waals surface area contributed by atoms with Crippen molar-refractivity contribution in [1.82, 2.24) is 30.7 Å². The number of rotatable bonds is 7. The third kappa shape index (κ3) is 8.03. The molecule has 1 aromatic rings. The van der Waals surface area contributed by atoms with E-state index in [4.69, 9.17) is 9.73 Å². The van der Waals surface area contributed by atoms with Gasteiger partial charge in [0.05, 0.1) is 19.1 Å². The smallest absolute Gasteiger partial charge is 0.407 e. The maximum Gasteiger partial charge on any atom is 0.407 e. The first-order chi connectivity index (χ1) is 14.5. The summed E-state index contributed by atoms with van der Waals surface area (Å²) in [5, 5.41) is 14.5. The molecule has 31 heavy (non-hydrogen) atoms. The first-order valence-corrected chi connectivity index (χ1v) is 11.5. The number of nitrogens with zero attached hydrogens (tertiary/aromatic N) is 4. The minimum absolute atomic E-state index is 0.118. The molecule has 0 fully saturated rings. The van der Waals surface area contributed by atoms with Gasteiger partial charge in [0.1, 0.15) is 11.4 Å². The van der Waals surface area contributed by atoms with E-state index in [1.807, 2.05) is 32.4 Å². The summed E-state index contributed by atoms with van der Waals surface area (Å²) in [7, 11) is 0. The van der Waals surface area contributed by atoms with E-state index in [-0.39, 0.29) is 18.0 Å². The second-order valence-corrected chi connectivity index (χ2v) is 9.82. The molecule has 3 N–H and O–H groups in total. The van der Waals surface area contributed by atoms with Crippen molar-refractivity contribution < 1.29 is 9.53 Å². The van der Waals surface area contributed by atoms with Gasteiger partial charge in [-0.2, -0.15) is 5.10 Å². The van der Waals surface area contributed by atoms with Crippen LogP contribution in [0.15, 0.2) is 4.99 Å². The quantitative estimate of drug-likeness (QED) is 0.449. The molecule has 9 nitrogen and oxygen atoms in total. The van der Waals surface area contributed by atoms with Crippen LogP contribution in [0.3, 0.4) is 0 Å². The van der Waals surface area contributed by atoms with E-state index in [0.717, 1.165) is 43.5 Å². The molecule has 0 spiro atoms. The number of aliphatic imine (C=N–C) groups is 1. The molecule has 0 radical (unpaired) electrons. The molecule has 1 aromatic heterocycles. The number of fused-ring (bicyclic) bond motifs is 1. The average molecular weight is 436 g/mol. The van der Waals surface area contributed by atoms with E-state index < -0.39 is 11.7 Å². The highest BCUT2D eigenvalue weighted by Crippen LogP contribution is 2.17. The molecular weight excluding hydrogens is 394 g/mol. The number of ether oxygens (including phenoxy) is 1. The largest absolute Gasteiger partial charge is 0.444 e. The molecule has 2 heterocycles. The average Bonchev–Trinajstić information content (AvgIpc) is 3.07. The Labute approximate surface area is 186 Å². The molecule has 0 saturated heterocycles. The number of alkyl carbamates (subject to hydrolysis) is 1. The van der Waals surface area contributed by atoms with E-state index in [9.17, 15) is 4.79 Å². The Morgan fingerprint density at radius 2 is 2.00 bits per heavy atom. The SMILES string of the molecule is CCNC(=NCC(NC(=O)OC(C)(C)C)C(C)C)NC1CCc2nc(C(C)C)nn2C1. The van der Waals surface area contributed by atoms with Gasteiger partial charge in [-0.25, -0.2) is 14.5 Å². The highest BCUT2D eigenvalue weighted by atomic mass is 16.6. The van der Waals surface area contributed by atoms with E-state index in [0.29, 0.717) is 12.5 Å². The Morgan fingerprint density at radius 3 is 2.58 bits per heavy atom. The van der Waals surface area contributed by atoms with Crippen LogP contribution in [0, 0.1) is 5.92 Å². The zero-order chi connectivity index (χ0) is 23.2. The standard InChI is InChI=1S/C22H41N7O2/c1-9-23-20(24-12-17(14(2)3)26-21(30)31-22(6,7)8)25-16-10-11-18-27-19(15(4)5)28-29(18)13-16/h14-17H,9-13H2,1-8H3,(H,26,30)(H2,23,24,25). The number of aryl methyl sites for hydroxylation is 1. The van der Waals surface area contributed by atoms with E-state index in [2.05, 4.69) is 53.7 Å². The lowest BCUT2D eigenvalue weighted by Crippen LogP contribution is -2.48. The molecule has 0 saturated carbocycles. The molecule has 1 amide bonds. The summed E-state index contributed by atoms with van der Waals surface area (Å²) in [6.07, 6.45) is 1.46. The van der Waals surface area contributed by atoms with Gasteiger partial charge in [-0.15, -0.1) is 0 Å². The normalized spacial score (nSPS) is 18.0. The minimum Gasteiger partial charge on any atom is -0.444 e. The molecule has 0 aliphatic carbocycles. The molecule has 2 rings (SSSR count). The summed E-state index contributed by atoms with van der Waals surface area (Å²) in [5.41, 5.74) is -0.526. The van der Waals surface area contributed by atoms with Gasteiger partial charge in [0.25, 0.3) is 0 Å². The third-order valence-corrected chi connectivity index (χ3v) is 5.03. The predicted octanol–water partition coefficient (Wildman–Crippen LogP) is 2.82. The van der Waals surface area contributed by atoms with Crippen LogP contribution in [0.4, 0.5) is 4.79 Å². The van der Waals surface area contributed by atoms with Crippen molar-refractivity contribution in [1.29, 1.82) is 0 Å². The van der Waals surface area contributed by atoms with Crippen molar-refractivity contribution >= 4 is 12.1 Å². The number of guanidine groups is 1. The summed E-state index contributed by atoms with van der Waals surface area (Å²) in [5.74, 6) is 3.26.